The first kappa shape index (κ1) is 7.13. The molecule has 1 heteroatoms. The van der Waals surface area contributed by atoms with E-state index in [0.29, 0.717) is 0 Å². The number of hydrogen-bond acceptors (Lipinski definition) is 1. The van der Waals surface area contributed by atoms with Crippen LogP contribution in [0.5, 0.6) is 0 Å². The highest BCUT2D eigenvalue weighted by Crippen LogP contribution is 1.93. The predicted molar refractivity (Wildman–Crippen MR) is 44.7 cm³/mol. The Morgan fingerprint density at radius 3 is 3.10 bits per heavy atom. The van der Waals surface area contributed by atoms with Crippen LogP contribution in [0.4, 0.5) is 0 Å². The van der Waals surface area contributed by atoms with Gasteiger partial charge in [-0.2, -0.15) is 0 Å². The Balaban J connectivity index is 2.57. The summed E-state index contributed by atoms with van der Waals surface area (Å²) in [5.74, 6) is 0. The van der Waals surface area contributed by atoms with Crippen LogP contribution in [0.3, 0.4) is 0 Å². The second-order valence-electron chi connectivity index (χ2n) is 2.38. The fraction of sp³-hybridized carbons (Fsp3) is 0.333. The molecule has 0 atom stereocenters. The lowest BCUT2D eigenvalue weighted by molar-refractivity contribution is 0.804. The monoisotopic (exact) mass is 135 g/mol. The van der Waals surface area contributed by atoms with Crippen LogP contribution < -0.4 is 5.32 Å². The van der Waals surface area contributed by atoms with Crippen molar-refractivity contribution in [3.05, 3.63) is 36.1 Å². The van der Waals surface area contributed by atoms with Gasteiger partial charge in [-0.1, -0.05) is 24.3 Å². The van der Waals surface area contributed by atoms with Crippen molar-refractivity contribution in [3.8, 4) is 0 Å². The third-order valence-corrected chi connectivity index (χ3v) is 1.42. The molecule has 0 aromatic heterocycles. The molecule has 0 fully saturated rings. The summed E-state index contributed by atoms with van der Waals surface area (Å²) in [7, 11) is 0. The topological polar surface area (TPSA) is 12.0 Å². The molecule has 0 aromatic carbocycles. The molecule has 54 valence electrons. The summed E-state index contributed by atoms with van der Waals surface area (Å²) in [5.41, 5.74) is 1.24. The van der Waals surface area contributed by atoms with Crippen molar-refractivity contribution in [2.24, 2.45) is 0 Å². The van der Waals surface area contributed by atoms with Crippen LogP contribution in [0.15, 0.2) is 36.1 Å². The van der Waals surface area contributed by atoms with Crippen molar-refractivity contribution in [3.63, 3.8) is 0 Å². The minimum atomic E-state index is 1.04. The van der Waals surface area contributed by atoms with Crippen LogP contribution in [0.25, 0.3) is 0 Å². The van der Waals surface area contributed by atoms with Crippen LogP contribution >= 0.6 is 0 Å². The van der Waals surface area contributed by atoms with Gasteiger partial charge in [-0.05, 0) is 19.4 Å². The molecule has 0 aromatic rings. The van der Waals surface area contributed by atoms with Crippen molar-refractivity contribution >= 4 is 0 Å². The fourth-order valence-electron chi connectivity index (χ4n) is 0.850. The van der Waals surface area contributed by atoms with Gasteiger partial charge in [-0.25, -0.2) is 0 Å². The Hall–Kier alpha value is -0.980. The molecule has 1 aliphatic rings. The normalized spacial score (nSPS) is 29.9. The molecule has 0 amide bonds. The summed E-state index contributed by atoms with van der Waals surface area (Å²) >= 11 is 0. The van der Waals surface area contributed by atoms with Crippen LogP contribution in [-0.4, -0.2) is 6.54 Å². The zero-order valence-electron chi connectivity index (χ0n) is 6.30. The fourth-order valence-corrected chi connectivity index (χ4v) is 0.850. The molecule has 0 saturated carbocycles. The smallest absolute Gasteiger partial charge is 0.0178 e. The maximum atomic E-state index is 3.28. The molecule has 0 unspecified atom stereocenters. The van der Waals surface area contributed by atoms with Crippen molar-refractivity contribution in [2.45, 2.75) is 13.3 Å². The minimum absolute atomic E-state index is 1.04. The highest BCUT2D eigenvalue weighted by Gasteiger charge is 1.85. The van der Waals surface area contributed by atoms with Crippen molar-refractivity contribution in [2.75, 3.05) is 6.54 Å². The molecule has 10 heavy (non-hydrogen) atoms. The average Bonchev–Trinajstić information content (AvgIpc) is 2.02. The summed E-state index contributed by atoms with van der Waals surface area (Å²) in [5, 5.41) is 3.28. The standard InChI is InChI=1S/C9H13N/c1-9-7-5-3-2-4-6-8-10-9/h2-5,7,10H,6,8H2,1H3/b4-2+,5-3-,9-7+. The molecule has 1 aliphatic heterocycles. The van der Waals surface area contributed by atoms with Crippen LogP contribution in [0.1, 0.15) is 13.3 Å². The van der Waals surface area contributed by atoms with Gasteiger partial charge >= 0.3 is 0 Å². The van der Waals surface area contributed by atoms with E-state index in [0.717, 1.165) is 13.0 Å². The van der Waals surface area contributed by atoms with Gasteiger partial charge in [0.2, 0.25) is 0 Å². The summed E-state index contributed by atoms with van der Waals surface area (Å²) in [6.07, 6.45) is 11.5. The van der Waals surface area contributed by atoms with Gasteiger partial charge in [0, 0.05) is 12.2 Å². The average molecular weight is 135 g/mol. The molecule has 1 rings (SSSR count). The molecule has 0 spiro atoms. The summed E-state index contributed by atoms with van der Waals surface area (Å²) in [6, 6.07) is 0. The summed E-state index contributed by atoms with van der Waals surface area (Å²) < 4.78 is 0. The zero-order chi connectivity index (χ0) is 7.23. The summed E-state index contributed by atoms with van der Waals surface area (Å²) in [6.45, 7) is 3.12. The van der Waals surface area contributed by atoms with Gasteiger partial charge in [0.25, 0.3) is 0 Å². The van der Waals surface area contributed by atoms with E-state index >= 15 is 0 Å². The van der Waals surface area contributed by atoms with E-state index in [-0.39, 0.29) is 0 Å². The second-order valence-corrected chi connectivity index (χ2v) is 2.38. The van der Waals surface area contributed by atoms with Crippen LogP contribution in [0, 0.1) is 0 Å². The van der Waals surface area contributed by atoms with Crippen LogP contribution in [-0.2, 0) is 0 Å². The van der Waals surface area contributed by atoms with Gasteiger partial charge in [0.05, 0.1) is 0 Å². The lowest BCUT2D eigenvalue weighted by Gasteiger charge is -2.01. The Morgan fingerprint density at radius 2 is 2.20 bits per heavy atom. The van der Waals surface area contributed by atoms with E-state index < -0.39 is 0 Å². The van der Waals surface area contributed by atoms with E-state index in [2.05, 4.69) is 36.5 Å². The third kappa shape index (κ3) is 2.53. The zero-order valence-corrected chi connectivity index (χ0v) is 6.30. The summed E-state index contributed by atoms with van der Waals surface area (Å²) in [4.78, 5) is 0. The van der Waals surface area contributed by atoms with Gasteiger partial charge in [-0.3, -0.25) is 0 Å². The van der Waals surface area contributed by atoms with Crippen LogP contribution in [0.2, 0.25) is 0 Å². The Morgan fingerprint density at radius 1 is 1.30 bits per heavy atom. The Bertz CT molecular complexity index is 175. The highest BCUT2D eigenvalue weighted by atomic mass is 14.9. The molecular formula is C9H13N. The molecule has 1 nitrogen and oxygen atoms in total. The highest BCUT2D eigenvalue weighted by molar-refractivity contribution is 5.15. The van der Waals surface area contributed by atoms with E-state index in [4.69, 9.17) is 0 Å². The van der Waals surface area contributed by atoms with E-state index in [1.165, 1.54) is 5.70 Å². The predicted octanol–water partition coefficient (Wildman–Crippen LogP) is 2.00. The number of allylic oxidation sites excluding steroid dienone is 5. The first-order chi connectivity index (χ1) is 4.89. The molecule has 0 bridgehead atoms. The molecule has 1 heterocycles. The lowest BCUT2D eigenvalue weighted by Crippen LogP contribution is -2.11. The number of hydrogen-bond donors (Lipinski definition) is 1. The molecule has 0 radical (unpaired) electrons. The van der Waals surface area contributed by atoms with Crippen molar-refractivity contribution in [1.29, 1.82) is 0 Å². The van der Waals surface area contributed by atoms with Crippen molar-refractivity contribution < 1.29 is 0 Å². The van der Waals surface area contributed by atoms with Gasteiger partial charge in [0.15, 0.2) is 0 Å². The largest absolute Gasteiger partial charge is 0.388 e. The second kappa shape index (κ2) is 3.94. The Labute approximate surface area is 62.1 Å². The van der Waals surface area contributed by atoms with E-state index in [9.17, 15) is 0 Å². The maximum Gasteiger partial charge on any atom is 0.0178 e. The number of rotatable bonds is 0. The SMILES string of the molecule is C\C1=C/C=C\C=C\CCN1. The molecule has 1 N–H and O–H groups in total. The first-order valence-corrected chi connectivity index (χ1v) is 3.63. The molecule has 0 saturated heterocycles. The van der Waals surface area contributed by atoms with Gasteiger partial charge < -0.3 is 5.32 Å². The third-order valence-electron chi connectivity index (χ3n) is 1.42. The maximum absolute atomic E-state index is 3.28. The van der Waals surface area contributed by atoms with E-state index in [1.807, 2.05) is 6.08 Å². The van der Waals surface area contributed by atoms with Crippen molar-refractivity contribution in [1.82, 2.24) is 5.32 Å². The Kier molecular flexibility index (Phi) is 2.81. The number of nitrogens with one attached hydrogen (secondary N) is 1. The quantitative estimate of drug-likeness (QED) is 0.535. The molecular weight excluding hydrogens is 122 g/mol. The van der Waals surface area contributed by atoms with E-state index in [1.54, 1.807) is 0 Å². The lowest BCUT2D eigenvalue weighted by atomic mass is 10.3. The van der Waals surface area contributed by atoms with Gasteiger partial charge in [-0.15, -0.1) is 0 Å². The minimum Gasteiger partial charge on any atom is -0.388 e. The molecule has 0 aliphatic carbocycles. The first-order valence-electron chi connectivity index (χ1n) is 3.63. The van der Waals surface area contributed by atoms with Gasteiger partial charge in [0.1, 0.15) is 0 Å².